The topological polar surface area (TPSA) is 21.3 Å². The van der Waals surface area contributed by atoms with Crippen LogP contribution in [-0.2, 0) is 4.74 Å². The van der Waals surface area contributed by atoms with Crippen LogP contribution in [0.1, 0.15) is 32.1 Å². The SMILES string of the molecule is C(CC[C@H]1CCCO1)CNC1CSCCSC1. The van der Waals surface area contributed by atoms with Crippen molar-refractivity contribution in [2.45, 2.75) is 44.2 Å². The minimum atomic E-state index is 0.582. The van der Waals surface area contributed by atoms with Gasteiger partial charge in [-0.25, -0.2) is 0 Å². The lowest BCUT2D eigenvalue weighted by atomic mass is 10.1. The molecular weight excluding hydrogens is 250 g/mol. The summed E-state index contributed by atoms with van der Waals surface area (Å²) in [6.07, 6.45) is 7.06. The Morgan fingerprint density at radius 2 is 1.94 bits per heavy atom. The molecule has 2 saturated heterocycles. The van der Waals surface area contributed by atoms with Gasteiger partial charge in [-0.05, 0) is 38.6 Å². The fourth-order valence-corrected chi connectivity index (χ4v) is 4.88. The fraction of sp³-hybridized carbons (Fsp3) is 1.00. The monoisotopic (exact) mass is 275 g/mol. The Balaban J connectivity index is 1.44. The first-order valence-electron chi connectivity index (χ1n) is 6.95. The van der Waals surface area contributed by atoms with Crippen molar-refractivity contribution < 1.29 is 4.74 Å². The van der Waals surface area contributed by atoms with Crippen molar-refractivity contribution >= 4 is 23.5 Å². The zero-order chi connectivity index (χ0) is 11.8. The molecule has 0 spiro atoms. The summed E-state index contributed by atoms with van der Waals surface area (Å²) in [7, 11) is 0. The molecule has 0 radical (unpaired) electrons. The van der Waals surface area contributed by atoms with E-state index in [1.54, 1.807) is 0 Å². The minimum Gasteiger partial charge on any atom is -0.378 e. The molecule has 2 aliphatic heterocycles. The van der Waals surface area contributed by atoms with Gasteiger partial charge in [-0.15, -0.1) is 0 Å². The summed E-state index contributed by atoms with van der Waals surface area (Å²) in [5.74, 6) is 5.28. The second-order valence-electron chi connectivity index (χ2n) is 4.93. The molecule has 100 valence electrons. The molecule has 2 heterocycles. The summed E-state index contributed by atoms with van der Waals surface area (Å²) in [5, 5.41) is 3.70. The molecule has 0 amide bonds. The molecule has 17 heavy (non-hydrogen) atoms. The summed E-state index contributed by atoms with van der Waals surface area (Å²) in [5.41, 5.74) is 0. The summed E-state index contributed by atoms with van der Waals surface area (Å²) in [6.45, 7) is 2.19. The van der Waals surface area contributed by atoms with Gasteiger partial charge in [0.05, 0.1) is 6.10 Å². The molecule has 2 fully saturated rings. The molecule has 0 aromatic carbocycles. The Morgan fingerprint density at radius 1 is 1.12 bits per heavy atom. The van der Waals surface area contributed by atoms with E-state index in [9.17, 15) is 0 Å². The highest BCUT2D eigenvalue weighted by molar-refractivity contribution is 8.03. The molecular formula is C13H25NOS2. The van der Waals surface area contributed by atoms with Gasteiger partial charge in [-0.2, -0.15) is 23.5 Å². The first-order valence-corrected chi connectivity index (χ1v) is 9.26. The van der Waals surface area contributed by atoms with Crippen LogP contribution in [0, 0.1) is 0 Å². The Hall–Kier alpha value is 0.620. The van der Waals surface area contributed by atoms with Gasteiger partial charge < -0.3 is 10.1 Å². The molecule has 2 nitrogen and oxygen atoms in total. The normalized spacial score (nSPS) is 27.2. The lowest BCUT2D eigenvalue weighted by Gasteiger charge is -2.15. The summed E-state index contributed by atoms with van der Waals surface area (Å²) in [6, 6.07) is 0.746. The van der Waals surface area contributed by atoms with Crippen LogP contribution in [0.2, 0.25) is 0 Å². The Kier molecular flexibility index (Phi) is 7.16. The summed E-state index contributed by atoms with van der Waals surface area (Å²) < 4.78 is 5.64. The van der Waals surface area contributed by atoms with Crippen molar-refractivity contribution in [3.8, 4) is 0 Å². The largest absolute Gasteiger partial charge is 0.378 e. The second kappa shape index (κ2) is 8.68. The maximum Gasteiger partial charge on any atom is 0.0576 e. The van der Waals surface area contributed by atoms with Crippen molar-refractivity contribution in [2.24, 2.45) is 0 Å². The smallest absolute Gasteiger partial charge is 0.0576 e. The molecule has 2 rings (SSSR count). The summed E-state index contributed by atoms with van der Waals surface area (Å²) in [4.78, 5) is 0. The lowest BCUT2D eigenvalue weighted by Crippen LogP contribution is -2.33. The number of ether oxygens (including phenoxy) is 1. The predicted molar refractivity (Wildman–Crippen MR) is 79.3 cm³/mol. The number of rotatable bonds is 6. The average molecular weight is 275 g/mol. The van der Waals surface area contributed by atoms with Crippen LogP contribution in [0.4, 0.5) is 0 Å². The molecule has 4 heteroatoms. The van der Waals surface area contributed by atoms with Crippen LogP contribution in [0.25, 0.3) is 0 Å². The molecule has 2 aliphatic rings. The highest BCUT2D eigenvalue weighted by Gasteiger charge is 2.15. The summed E-state index contributed by atoms with van der Waals surface area (Å²) >= 11 is 4.21. The van der Waals surface area contributed by atoms with Crippen molar-refractivity contribution in [1.82, 2.24) is 5.32 Å². The van der Waals surface area contributed by atoms with E-state index >= 15 is 0 Å². The van der Waals surface area contributed by atoms with Crippen LogP contribution in [-0.4, -0.2) is 48.3 Å². The van der Waals surface area contributed by atoms with Crippen LogP contribution in [0.5, 0.6) is 0 Å². The fourth-order valence-electron chi connectivity index (χ4n) is 2.41. The van der Waals surface area contributed by atoms with E-state index in [0.717, 1.165) is 12.6 Å². The van der Waals surface area contributed by atoms with Crippen molar-refractivity contribution in [2.75, 3.05) is 36.2 Å². The van der Waals surface area contributed by atoms with Crippen LogP contribution in [0.15, 0.2) is 0 Å². The number of nitrogens with one attached hydrogen (secondary N) is 1. The first-order chi connectivity index (χ1) is 8.45. The lowest BCUT2D eigenvalue weighted by molar-refractivity contribution is 0.102. The van der Waals surface area contributed by atoms with Crippen LogP contribution < -0.4 is 5.32 Å². The van der Waals surface area contributed by atoms with Gasteiger partial charge in [0.25, 0.3) is 0 Å². The average Bonchev–Trinajstić information content (AvgIpc) is 2.72. The van der Waals surface area contributed by atoms with Crippen molar-refractivity contribution in [1.29, 1.82) is 0 Å². The van der Waals surface area contributed by atoms with E-state index in [2.05, 4.69) is 28.8 Å². The first kappa shape index (κ1) is 14.0. The van der Waals surface area contributed by atoms with Gasteiger partial charge in [-0.3, -0.25) is 0 Å². The molecule has 0 saturated carbocycles. The third kappa shape index (κ3) is 5.86. The minimum absolute atomic E-state index is 0.582. The molecule has 1 atom stereocenters. The van der Waals surface area contributed by atoms with Crippen molar-refractivity contribution in [3.63, 3.8) is 0 Å². The molecule has 0 aliphatic carbocycles. The number of hydrogen-bond donors (Lipinski definition) is 1. The standard InChI is InChI=1S/C13H25NOS2/c1(4-13-5-3-7-15-13)2-6-14-12-10-16-8-9-17-11-12/h12-14H,1-11H2/t13-/m0/s1. The zero-order valence-electron chi connectivity index (χ0n) is 10.7. The van der Waals surface area contributed by atoms with E-state index < -0.39 is 0 Å². The van der Waals surface area contributed by atoms with Gasteiger partial charge >= 0.3 is 0 Å². The van der Waals surface area contributed by atoms with Gasteiger partial charge in [0.15, 0.2) is 0 Å². The van der Waals surface area contributed by atoms with E-state index in [1.165, 1.54) is 61.7 Å². The van der Waals surface area contributed by atoms with Gasteiger partial charge in [0, 0.05) is 35.7 Å². The van der Waals surface area contributed by atoms with E-state index in [1.807, 2.05) is 0 Å². The highest BCUT2D eigenvalue weighted by Crippen LogP contribution is 2.18. The third-order valence-corrected chi connectivity index (χ3v) is 5.94. The van der Waals surface area contributed by atoms with E-state index in [4.69, 9.17) is 4.74 Å². The van der Waals surface area contributed by atoms with Gasteiger partial charge in [0.2, 0.25) is 0 Å². The molecule has 1 N–H and O–H groups in total. The Morgan fingerprint density at radius 3 is 2.65 bits per heavy atom. The van der Waals surface area contributed by atoms with Crippen LogP contribution >= 0.6 is 23.5 Å². The van der Waals surface area contributed by atoms with Crippen molar-refractivity contribution in [3.05, 3.63) is 0 Å². The maximum absolute atomic E-state index is 5.64. The molecule has 0 bridgehead atoms. The molecule has 0 aromatic rings. The Bertz CT molecular complexity index is 190. The zero-order valence-corrected chi connectivity index (χ0v) is 12.3. The number of hydrogen-bond acceptors (Lipinski definition) is 4. The van der Waals surface area contributed by atoms with E-state index in [-0.39, 0.29) is 0 Å². The quantitative estimate of drug-likeness (QED) is 0.752. The third-order valence-electron chi connectivity index (χ3n) is 3.42. The second-order valence-corrected chi connectivity index (χ2v) is 7.23. The maximum atomic E-state index is 5.64. The Labute approximate surface area is 114 Å². The number of unbranched alkanes of at least 4 members (excludes halogenated alkanes) is 1. The van der Waals surface area contributed by atoms with Crippen LogP contribution in [0.3, 0.4) is 0 Å². The van der Waals surface area contributed by atoms with Gasteiger partial charge in [-0.1, -0.05) is 0 Å². The van der Waals surface area contributed by atoms with Gasteiger partial charge in [0.1, 0.15) is 0 Å². The molecule has 0 aromatic heterocycles. The number of thioether (sulfide) groups is 2. The molecule has 0 unspecified atom stereocenters. The predicted octanol–water partition coefficient (Wildman–Crippen LogP) is 2.77. The highest BCUT2D eigenvalue weighted by atomic mass is 32.2. The van der Waals surface area contributed by atoms with E-state index in [0.29, 0.717) is 6.10 Å².